The SMILES string of the molecule is CC(C)(C)OC(=O)NCC=Cc1ccc(S(N)(=O)=O)cc1F. The maximum Gasteiger partial charge on any atom is 0.407 e. The molecule has 0 fully saturated rings. The van der Waals surface area contributed by atoms with Gasteiger partial charge in [-0.15, -0.1) is 0 Å². The number of carbonyl (C=O) groups excluding carboxylic acids is 1. The lowest BCUT2D eigenvalue weighted by atomic mass is 10.2. The Bertz CT molecular complexity index is 679. The molecule has 0 unspecified atom stereocenters. The molecule has 0 aliphatic heterocycles. The number of hydrogen-bond acceptors (Lipinski definition) is 4. The molecule has 0 atom stereocenters. The highest BCUT2D eigenvalue weighted by Crippen LogP contribution is 2.15. The van der Waals surface area contributed by atoms with Crippen LogP contribution in [0.5, 0.6) is 0 Å². The second-order valence-corrected chi connectivity index (χ2v) is 7.07. The van der Waals surface area contributed by atoms with Crippen molar-refractivity contribution in [3.8, 4) is 0 Å². The number of nitrogens with two attached hydrogens (primary N) is 1. The molecule has 0 aliphatic carbocycles. The van der Waals surface area contributed by atoms with Gasteiger partial charge in [0, 0.05) is 12.1 Å². The summed E-state index contributed by atoms with van der Waals surface area (Å²) in [4.78, 5) is 11.1. The smallest absolute Gasteiger partial charge is 0.407 e. The van der Waals surface area contributed by atoms with E-state index in [4.69, 9.17) is 9.88 Å². The Balaban J connectivity index is 2.63. The van der Waals surface area contributed by atoms with E-state index in [1.54, 1.807) is 20.8 Å². The van der Waals surface area contributed by atoms with Gasteiger partial charge in [-0.25, -0.2) is 22.7 Å². The molecular weight excluding hydrogens is 311 g/mol. The van der Waals surface area contributed by atoms with Crippen LogP contribution in [0.15, 0.2) is 29.2 Å². The van der Waals surface area contributed by atoms with Gasteiger partial charge in [-0.3, -0.25) is 0 Å². The van der Waals surface area contributed by atoms with Crippen LogP contribution in [-0.2, 0) is 14.8 Å². The third-order valence-electron chi connectivity index (χ3n) is 2.36. The van der Waals surface area contributed by atoms with Crippen LogP contribution in [-0.4, -0.2) is 26.7 Å². The molecule has 0 aliphatic rings. The minimum atomic E-state index is -3.93. The van der Waals surface area contributed by atoms with Crippen molar-refractivity contribution in [2.24, 2.45) is 5.14 Å². The summed E-state index contributed by atoms with van der Waals surface area (Å²) in [6.45, 7) is 5.37. The standard InChI is InChI=1S/C14H19FN2O4S/c1-14(2,3)21-13(18)17-8-4-5-10-6-7-11(9-12(10)15)22(16,19)20/h4-7,9H,8H2,1-3H3,(H,17,18)(H2,16,19,20). The van der Waals surface area contributed by atoms with E-state index >= 15 is 0 Å². The van der Waals surface area contributed by atoms with Crippen molar-refractivity contribution in [3.63, 3.8) is 0 Å². The van der Waals surface area contributed by atoms with E-state index < -0.39 is 27.5 Å². The topological polar surface area (TPSA) is 98.5 Å². The van der Waals surface area contributed by atoms with Crippen molar-refractivity contribution in [1.29, 1.82) is 0 Å². The molecule has 3 N–H and O–H groups in total. The lowest BCUT2D eigenvalue weighted by molar-refractivity contribution is 0.0534. The summed E-state index contributed by atoms with van der Waals surface area (Å²) in [6.07, 6.45) is 2.35. The fourth-order valence-corrected chi connectivity index (χ4v) is 1.99. The number of carbonyl (C=O) groups is 1. The number of primary sulfonamides is 1. The molecular formula is C14H19FN2O4S. The van der Waals surface area contributed by atoms with Crippen LogP contribution in [0.2, 0.25) is 0 Å². The highest BCUT2D eigenvalue weighted by Gasteiger charge is 2.15. The van der Waals surface area contributed by atoms with Crippen molar-refractivity contribution in [2.45, 2.75) is 31.3 Å². The number of benzene rings is 1. The third-order valence-corrected chi connectivity index (χ3v) is 3.27. The van der Waals surface area contributed by atoms with Gasteiger partial charge in [0.2, 0.25) is 10.0 Å². The van der Waals surface area contributed by atoms with E-state index in [1.807, 2.05) is 0 Å². The Morgan fingerprint density at radius 2 is 2.05 bits per heavy atom. The predicted octanol–water partition coefficient (Wildman–Crippen LogP) is 2.01. The van der Waals surface area contributed by atoms with Gasteiger partial charge in [-0.1, -0.05) is 18.2 Å². The monoisotopic (exact) mass is 330 g/mol. The minimum absolute atomic E-state index is 0.144. The minimum Gasteiger partial charge on any atom is -0.444 e. The number of amides is 1. The van der Waals surface area contributed by atoms with Gasteiger partial charge < -0.3 is 10.1 Å². The number of rotatable bonds is 4. The molecule has 1 amide bonds. The van der Waals surface area contributed by atoms with Crippen molar-refractivity contribution in [3.05, 3.63) is 35.7 Å². The quantitative estimate of drug-likeness (QED) is 0.882. The van der Waals surface area contributed by atoms with E-state index in [0.29, 0.717) is 0 Å². The Hall–Kier alpha value is -1.93. The van der Waals surface area contributed by atoms with E-state index in [1.165, 1.54) is 24.3 Å². The largest absolute Gasteiger partial charge is 0.444 e. The van der Waals surface area contributed by atoms with Gasteiger partial charge in [0.15, 0.2) is 0 Å². The summed E-state index contributed by atoms with van der Waals surface area (Å²) in [6, 6.07) is 3.34. The first-order valence-corrected chi connectivity index (χ1v) is 7.99. The first-order valence-electron chi connectivity index (χ1n) is 6.45. The number of alkyl carbamates (subject to hydrolysis) is 1. The summed E-state index contributed by atoms with van der Waals surface area (Å²) in [5, 5.41) is 7.39. The van der Waals surface area contributed by atoms with Crippen LogP contribution in [0.1, 0.15) is 26.3 Å². The number of halogens is 1. The van der Waals surface area contributed by atoms with Crippen molar-refractivity contribution in [1.82, 2.24) is 5.32 Å². The van der Waals surface area contributed by atoms with E-state index in [9.17, 15) is 17.6 Å². The Labute approximate surface area is 129 Å². The first kappa shape index (κ1) is 18.1. The molecule has 8 heteroatoms. The summed E-state index contributed by atoms with van der Waals surface area (Å²) in [5.74, 6) is -0.722. The normalized spacial score (nSPS) is 12.4. The van der Waals surface area contributed by atoms with Crippen molar-refractivity contribution >= 4 is 22.2 Å². The van der Waals surface area contributed by atoms with Gasteiger partial charge >= 0.3 is 6.09 Å². The molecule has 0 radical (unpaired) electrons. The van der Waals surface area contributed by atoms with Crippen LogP contribution in [0.3, 0.4) is 0 Å². The highest BCUT2D eigenvalue weighted by molar-refractivity contribution is 7.89. The average molecular weight is 330 g/mol. The zero-order chi connectivity index (χ0) is 17.0. The van der Waals surface area contributed by atoms with Gasteiger partial charge in [0.05, 0.1) is 4.90 Å². The summed E-state index contributed by atoms with van der Waals surface area (Å²) >= 11 is 0. The predicted molar refractivity (Wildman–Crippen MR) is 81.0 cm³/mol. The number of nitrogens with one attached hydrogen (secondary N) is 1. The number of hydrogen-bond donors (Lipinski definition) is 2. The fourth-order valence-electron chi connectivity index (χ4n) is 1.46. The average Bonchev–Trinajstić information content (AvgIpc) is 2.32. The van der Waals surface area contributed by atoms with Gasteiger partial charge in [-0.05, 0) is 32.9 Å². The molecule has 1 rings (SSSR count). The second kappa shape index (κ2) is 6.89. The third kappa shape index (κ3) is 6.23. The van der Waals surface area contributed by atoms with E-state index in [0.717, 1.165) is 6.07 Å². The molecule has 0 heterocycles. The van der Waals surface area contributed by atoms with Crippen molar-refractivity contribution < 1.29 is 22.3 Å². The zero-order valence-corrected chi connectivity index (χ0v) is 13.4. The van der Waals surface area contributed by atoms with E-state index in [2.05, 4.69) is 5.32 Å². The van der Waals surface area contributed by atoms with Gasteiger partial charge in [0.25, 0.3) is 0 Å². The molecule has 0 saturated carbocycles. The molecule has 22 heavy (non-hydrogen) atoms. The first-order chi connectivity index (χ1) is 9.99. The molecule has 0 saturated heterocycles. The summed E-state index contributed by atoms with van der Waals surface area (Å²) in [7, 11) is -3.93. The fraction of sp³-hybridized carbons (Fsp3) is 0.357. The van der Waals surface area contributed by atoms with Crippen LogP contribution in [0.4, 0.5) is 9.18 Å². The van der Waals surface area contributed by atoms with Crippen LogP contribution in [0, 0.1) is 5.82 Å². The van der Waals surface area contributed by atoms with Gasteiger partial charge in [-0.2, -0.15) is 0 Å². The molecule has 6 nitrogen and oxygen atoms in total. The van der Waals surface area contributed by atoms with Crippen LogP contribution < -0.4 is 10.5 Å². The van der Waals surface area contributed by atoms with Crippen molar-refractivity contribution in [2.75, 3.05) is 6.54 Å². The molecule has 1 aromatic carbocycles. The molecule has 1 aromatic rings. The lowest BCUT2D eigenvalue weighted by Crippen LogP contribution is -2.32. The maximum absolute atomic E-state index is 13.7. The Kier molecular flexibility index (Phi) is 5.67. The highest BCUT2D eigenvalue weighted by atomic mass is 32.2. The lowest BCUT2D eigenvalue weighted by Gasteiger charge is -2.19. The Morgan fingerprint density at radius 1 is 1.41 bits per heavy atom. The molecule has 0 spiro atoms. The maximum atomic E-state index is 13.7. The molecule has 0 bridgehead atoms. The number of sulfonamides is 1. The number of ether oxygens (including phenoxy) is 1. The summed E-state index contributed by atoms with van der Waals surface area (Å²) in [5.41, 5.74) is -0.415. The molecule has 122 valence electrons. The summed E-state index contributed by atoms with van der Waals surface area (Å²) < 4.78 is 40.9. The van der Waals surface area contributed by atoms with Crippen LogP contribution in [0.25, 0.3) is 6.08 Å². The Morgan fingerprint density at radius 3 is 2.55 bits per heavy atom. The zero-order valence-electron chi connectivity index (χ0n) is 12.6. The van der Waals surface area contributed by atoms with E-state index in [-0.39, 0.29) is 17.0 Å². The second-order valence-electron chi connectivity index (χ2n) is 5.51. The van der Waals surface area contributed by atoms with Gasteiger partial charge in [0.1, 0.15) is 11.4 Å². The van der Waals surface area contributed by atoms with Crippen LogP contribution >= 0.6 is 0 Å². The molecule has 0 aromatic heterocycles.